The summed E-state index contributed by atoms with van der Waals surface area (Å²) in [5, 5.41) is 0. The van der Waals surface area contributed by atoms with Gasteiger partial charge in [0, 0.05) is 0 Å². The first-order valence-corrected chi connectivity index (χ1v) is 10.4. The van der Waals surface area contributed by atoms with Crippen LogP contribution in [0.25, 0.3) is 11.1 Å². The van der Waals surface area contributed by atoms with Crippen LogP contribution in [0.2, 0.25) is 0 Å². The van der Waals surface area contributed by atoms with Crippen LogP contribution in [0.4, 0.5) is 0 Å². The molecule has 0 saturated heterocycles. The summed E-state index contributed by atoms with van der Waals surface area (Å²) in [4.78, 5) is 11.4. The molecule has 0 spiro atoms. The summed E-state index contributed by atoms with van der Waals surface area (Å²) in [7, 11) is 0. The highest BCUT2D eigenvalue weighted by Crippen LogP contribution is 2.34. The average molecular weight is 402 g/mol. The van der Waals surface area contributed by atoms with Gasteiger partial charge in [0.2, 0.25) is 0 Å². The Morgan fingerprint density at radius 1 is 0.900 bits per heavy atom. The smallest absolute Gasteiger partial charge is 0.320 e. The van der Waals surface area contributed by atoms with Crippen molar-refractivity contribution in [3.63, 3.8) is 0 Å². The molecule has 0 amide bonds. The first-order chi connectivity index (χ1) is 14.7. The third kappa shape index (κ3) is 4.24. The van der Waals surface area contributed by atoms with Gasteiger partial charge in [-0.25, -0.2) is 0 Å². The summed E-state index contributed by atoms with van der Waals surface area (Å²) in [6.07, 6.45) is 3.08. The fourth-order valence-corrected chi connectivity index (χ4v) is 4.16. The molecule has 0 heterocycles. The molecule has 4 rings (SSSR count). The summed E-state index contributed by atoms with van der Waals surface area (Å²) in [6, 6.07) is 20.8. The molecule has 4 nitrogen and oxygen atoms in total. The van der Waals surface area contributed by atoms with E-state index in [2.05, 4.69) is 49.4 Å². The maximum absolute atomic E-state index is 11.4. The highest BCUT2D eigenvalue weighted by atomic mass is 16.5. The number of rotatable bonds is 7. The zero-order valence-electron chi connectivity index (χ0n) is 17.3. The number of esters is 1. The first-order valence-electron chi connectivity index (χ1n) is 10.4. The van der Waals surface area contributed by atoms with Crippen molar-refractivity contribution >= 4 is 5.97 Å². The predicted molar refractivity (Wildman–Crippen MR) is 118 cm³/mol. The minimum absolute atomic E-state index is 0.0925. The molecule has 0 aromatic heterocycles. The molecular weight excluding hydrogens is 374 g/mol. The summed E-state index contributed by atoms with van der Waals surface area (Å²) >= 11 is 0. The number of hydrogen-bond donors (Lipinski definition) is 1. The van der Waals surface area contributed by atoms with Crippen LogP contribution < -0.4 is 10.5 Å². The normalized spacial score (nSPS) is 12.5. The van der Waals surface area contributed by atoms with Gasteiger partial charge in [0.25, 0.3) is 0 Å². The van der Waals surface area contributed by atoms with Crippen LogP contribution in [0.15, 0.2) is 60.7 Å². The molecule has 30 heavy (non-hydrogen) atoms. The Kier molecular flexibility index (Phi) is 6.15. The maximum Gasteiger partial charge on any atom is 0.320 e. The second-order valence-electron chi connectivity index (χ2n) is 7.64. The summed E-state index contributed by atoms with van der Waals surface area (Å²) < 4.78 is 11.5. The van der Waals surface area contributed by atoms with Gasteiger partial charge in [0.1, 0.15) is 19.0 Å². The molecule has 0 radical (unpaired) electrons. The van der Waals surface area contributed by atoms with Crippen molar-refractivity contribution in [2.45, 2.75) is 39.4 Å². The summed E-state index contributed by atoms with van der Waals surface area (Å²) in [5.41, 5.74) is 13.8. The van der Waals surface area contributed by atoms with Gasteiger partial charge in [0.05, 0.1) is 6.54 Å². The summed E-state index contributed by atoms with van der Waals surface area (Å²) in [6.45, 7) is 2.86. The van der Waals surface area contributed by atoms with E-state index in [-0.39, 0.29) is 19.1 Å². The number of carbonyl (C=O) groups excluding carboxylic acids is 1. The van der Waals surface area contributed by atoms with E-state index in [4.69, 9.17) is 15.2 Å². The van der Waals surface area contributed by atoms with E-state index in [1.54, 1.807) is 0 Å². The molecule has 1 aliphatic rings. The summed E-state index contributed by atoms with van der Waals surface area (Å²) in [5.74, 6) is 0.553. The van der Waals surface area contributed by atoms with Gasteiger partial charge in [0.15, 0.2) is 0 Å². The topological polar surface area (TPSA) is 61.5 Å². The number of hydrogen-bond acceptors (Lipinski definition) is 4. The number of fused-ring (bicyclic) bond motifs is 1. The van der Waals surface area contributed by atoms with Gasteiger partial charge < -0.3 is 15.2 Å². The molecular formula is C26H27NO3. The SMILES string of the molecule is Cc1c(COc2ccc(COC(=O)CN)c3c2CCC3)cccc1-c1ccccc1. The third-order valence-electron chi connectivity index (χ3n) is 5.81. The van der Waals surface area contributed by atoms with Crippen molar-refractivity contribution in [2.24, 2.45) is 5.73 Å². The van der Waals surface area contributed by atoms with Gasteiger partial charge in [-0.3, -0.25) is 4.79 Å². The van der Waals surface area contributed by atoms with Crippen LogP contribution >= 0.6 is 0 Å². The molecule has 4 heteroatoms. The van der Waals surface area contributed by atoms with Crippen molar-refractivity contribution in [2.75, 3.05) is 6.54 Å². The van der Waals surface area contributed by atoms with E-state index in [0.717, 1.165) is 30.6 Å². The zero-order valence-corrected chi connectivity index (χ0v) is 17.3. The lowest BCUT2D eigenvalue weighted by atomic mass is 9.97. The molecule has 0 bridgehead atoms. The molecule has 2 N–H and O–H groups in total. The number of carbonyl (C=O) groups is 1. The largest absolute Gasteiger partial charge is 0.489 e. The molecule has 3 aromatic carbocycles. The van der Waals surface area contributed by atoms with Gasteiger partial charge >= 0.3 is 5.97 Å². The number of nitrogens with two attached hydrogens (primary N) is 1. The minimum atomic E-state index is -0.379. The number of ether oxygens (including phenoxy) is 2. The van der Waals surface area contributed by atoms with Crippen LogP contribution in [0.3, 0.4) is 0 Å². The standard InChI is InChI=1S/C26H27NO3/c1-18-20(9-5-10-22(18)19-7-3-2-4-8-19)16-29-25-14-13-21(17-30-26(28)15-27)23-11-6-12-24(23)25/h2-5,7-10,13-14H,6,11-12,15-17,27H2,1H3. The van der Waals surface area contributed by atoms with Crippen LogP contribution in [0, 0.1) is 6.92 Å². The van der Waals surface area contributed by atoms with Crippen LogP contribution in [-0.2, 0) is 35.6 Å². The van der Waals surface area contributed by atoms with Crippen LogP contribution in [0.5, 0.6) is 5.75 Å². The lowest BCUT2D eigenvalue weighted by Gasteiger charge is -2.16. The second-order valence-corrected chi connectivity index (χ2v) is 7.64. The fraction of sp³-hybridized carbons (Fsp3) is 0.269. The molecule has 0 aliphatic heterocycles. The van der Waals surface area contributed by atoms with E-state index in [1.165, 1.54) is 33.4 Å². The van der Waals surface area contributed by atoms with Crippen molar-refractivity contribution < 1.29 is 14.3 Å². The van der Waals surface area contributed by atoms with E-state index < -0.39 is 0 Å². The predicted octanol–water partition coefficient (Wildman–Crippen LogP) is 4.73. The lowest BCUT2D eigenvalue weighted by molar-refractivity contribution is -0.143. The molecule has 1 aliphatic carbocycles. The Bertz CT molecular complexity index is 1040. The van der Waals surface area contributed by atoms with Crippen molar-refractivity contribution in [3.8, 4) is 16.9 Å². The second kappa shape index (κ2) is 9.14. The van der Waals surface area contributed by atoms with Crippen molar-refractivity contribution in [1.29, 1.82) is 0 Å². The quantitative estimate of drug-likeness (QED) is 0.581. The van der Waals surface area contributed by atoms with Gasteiger partial charge in [-0.05, 0) is 71.2 Å². The Hall–Kier alpha value is -3.11. The van der Waals surface area contributed by atoms with E-state index in [9.17, 15) is 4.79 Å². The highest BCUT2D eigenvalue weighted by Gasteiger charge is 2.20. The molecule has 0 saturated carbocycles. The molecule has 3 aromatic rings. The third-order valence-corrected chi connectivity index (χ3v) is 5.81. The Labute approximate surface area is 177 Å². The van der Waals surface area contributed by atoms with Gasteiger partial charge in [-0.2, -0.15) is 0 Å². The average Bonchev–Trinajstić information content (AvgIpc) is 3.28. The fourth-order valence-electron chi connectivity index (χ4n) is 4.16. The van der Waals surface area contributed by atoms with Crippen LogP contribution in [-0.4, -0.2) is 12.5 Å². The minimum Gasteiger partial charge on any atom is -0.489 e. The molecule has 154 valence electrons. The molecule has 0 unspecified atom stereocenters. The lowest BCUT2D eigenvalue weighted by Crippen LogP contribution is -2.16. The van der Waals surface area contributed by atoms with E-state index >= 15 is 0 Å². The Balaban J connectivity index is 1.52. The maximum atomic E-state index is 11.4. The first kappa shape index (κ1) is 20.2. The Morgan fingerprint density at radius 3 is 2.50 bits per heavy atom. The Morgan fingerprint density at radius 2 is 1.70 bits per heavy atom. The zero-order chi connectivity index (χ0) is 20.9. The van der Waals surface area contributed by atoms with Gasteiger partial charge in [-0.15, -0.1) is 0 Å². The molecule has 0 fully saturated rings. The van der Waals surface area contributed by atoms with E-state index in [1.807, 2.05) is 18.2 Å². The van der Waals surface area contributed by atoms with Crippen molar-refractivity contribution in [1.82, 2.24) is 0 Å². The van der Waals surface area contributed by atoms with Crippen molar-refractivity contribution in [3.05, 3.63) is 88.5 Å². The van der Waals surface area contributed by atoms with Crippen LogP contribution in [0.1, 0.15) is 34.2 Å². The number of benzene rings is 3. The van der Waals surface area contributed by atoms with E-state index in [0.29, 0.717) is 6.61 Å². The van der Waals surface area contributed by atoms with Gasteiger partial charge in [-0.1, -0.05) is 54.6 Å². The molecule has 0 atom stereocenters. The highest BCUT2D eigenvalue weighted by molar-refractivity contribution is 5.71. The monoisotopic (exact) mass is 401 g/mol.